The first kappa shape index (κ1) is 17.0. The van der Waals surface area contributed by atoms with Gasteiger partial charge in [-0.2, -0.15) is 0 Å². The SMILES string of the molecule is O=C(NCC1CCCCC1O)NC1CCCOc2c(F)cccc21. The van der Waals surface area contributed by atoms with E-state index in [1.54, 1.807) is 12.1 Å². The fourth-order valence-electron chi connectivity index (χ4n) is 3.58. The van der Waals surface area contributed by atoms with Crippen LogP contribution in [0.3, 0.4) is 0 Å². The second-order valence-electron chi connectivity index (χ2n) is 6.67. The molecule has 0 spiro atoms. The van der Waals surface area contributed by atoms with Gasteiger partial charge in [-0.15, -0.1) is 0 Å². The fraction of sp³-hybridized carbons (Fsp3) is 0.611. The third kappa shape index (κ3) is 3.98. The van der Waals surface area contributed by atoms with Crippen LogP contribution in [0.4, 0.5) is 9.18 Å². The van der Waals surface area contributed by atoms with Crippen LogP contribution in [0.2, 0.25) is 0 Å². The summed E-state index contributed by atoms with van der Waals surface area (Å²) in [5.41, 5.74) is 0.681. The Labute approximate surface area is 141 Å². The first-order valence-electron chi connectivity index (χ1n) is 8.79. The van der Waals surface area contributed by atoms with Crippen molar-refractivity contribution < 1.29 is 19.0 Å². The number of fused-ring (bicyclic) bond motifs is 1. The number of benzene rings is 1. The molecule has 3 atom stereocenters. The molecule has 1 saturated carbocycles. The Hall–Kier alpha value is -1.82. The molecule has 2 aliphatic rings. The van der Waals surface area contributed by atoms with Gasteiger partial charge in [0.25, 0.3) is 0 Å². The second-order valence-corrected chi connectivity index (χ2v) is 6.67. The molecule has 3 unspecified atom stereocenters. The Morgan fingerprint density at radius 1 is 1.25 bits per heavy atom. The van der Waals surface area contributed by atoms with E-state index in [4.69, 9.17) is 4.74 Å². The van der Waals surface area contributed by atoms with Crippen molar-refractivity contribution in [2.45, 2.75) is 50.7 Å². The zero-order chi connectivity index (χ0) is 16.9. The number of ether oxygens (including phenoxy) is 1. The number of aliphatic hydroxyl groups excluding tert-OH is 1. The van der Waals surface area contributed by atoms with E-state index in [9.17, 15) is 14.3 Å². The molecule has 6 heteroatoms. The van der Waals surface area contributed by atoms with E-state index in [1.807, 2.05) is 0 Å². The van der Waals surface area contributed by atoms with Gasteiger partial charge in [-0.25, -0.2) is 9.18 Å². The number of hydrogen-bond acceptors (Lipinski definition) is 3. The number of rotatable bonds is 3. The number of urea groups is 1. The topological polar surface area (TPSA) is 70.6 Å². The Kier molecular flexibility index (Phi) is 5.56. The standard InChI is InChI=1S/C18H25FN2O3/c19-14-7-3-6-13-15(8-4-10-24-17(13)14)21-18(23)20-11-12-5-1-2-9-16(12)22/h3,6-7,12,15-16,22H,1-2,4-5,8-11H2,(H2,20,21,23). The third-order valence-electron chi connectivity index (χ3n) is 4.96. The zero-order valence-corrected chi connectivity index (χ0v) is 13.8. The number of carbonyl (C=O) groups excluding carboxylic acids is 1. The van der Waals surface area contributed by atoms with E-state index in [0.717, 1.165) is 32.1 Å². The normalized spacial score (nSPS) is 26.7. The van der Waals surface area contributed by atoms with Crippen molar-refractivity contribution in [1.29, 1.82) is 0 Å². The van der Waals surface area contributed by atoms with Crippen LogP contribution < -0.4 is 15.4 Å². The van der Waals surface area contributed by atoms with Crippen molar-refractivity contribution in [1.82, 2.24) is 10.6 Å². The molecule has 0 radical (unpaired) electrons. The van der Waals surface area contributed by atoms with Crippen molar-refractivity contribution in [3.8, 4) is 5.75 Å². The zero-order valence-electron chi connectivity index (χ0n) is 13.8. The minimum Gasteiger partial charge on any atom is -0.490 e. The summed E-state index contributed by atoms with van der Waals surface area (Å²) < 4.78 is 19.4. The summed E-state index contributed by atoms with van der Waals surface area (Å²) >= 11 is 0. The van der Waals surface area contributed by atoms with Gasteiger partial charge in [-0.05, 0) is 31.7 Å². The highest BCUT2D eigenvalue weighted by atomic mass is 19.1. The summed E-state index contributed by atoms with van der Waals surface area (Å²) in [6, 6.07) is 4.24. The van der Waals surface area contributed by atoms with E-state index >= 15 is 0 Å². The molecule has 1 aliphatic carbocycles. The molecule has 2 amide bonds. The minimum absolute atomic E-state index is 0.117. The first-order chi connectivity index (χ1) is 11.6. The molecular formula is C18H25FN2O3. The Morgan fingerprint density at radius 2 is 2.08 bits per heavy atom. The number of halogens is 1. The van der Waals surface area contributed by atoms with E-state index in [2.05, 4.69) is 10.6 Å². The fourth-order valence-corrected chi connectivity index (χ4v) is 3.58. The van der Waals surface area contributed by atoms with Gasteiger partial charge in [-0.3, -0.25) is 0 Å². The predicted octanol–water partition coefficient (Wildman–Crippen LogP) is 2.89. The van der Waals surface area contributed by atoms with Gasteiger partial charge in [0.2, 0.25) is 0 Å². The second kappa shape index (κ2) is 7.83. The van der Waals surface area contributed by atoms with Crippen LogP contribution >= 0.6 is 0 Å². The average molecular weight is 336 g/mol. The van der Waals surface area contributed by atoms with Gasteiger partial charge in [0.1, 0.15) is 0 Å². The maximum Gasteiger partial charge on any atom is 0.315 e. The van der Waals surface area contributed by atoms with E-state index in [1.165, 1.54) is 6.07 Å². The molecule has 1 aromatic carbocycles. The highest BCUT2D eigenvalue weighted by Crippen LogP contribution is 2.33. The van der Waals surface area contributed by atoms with Gasteiger partial charge in [0.15, 0.2) is 11.6 Å². The lowest BCUT2D eigenvalue weighted by atomic mass is 9.86. The lowest BCUT2D eigenvalue weighted by Crippen LogP contribution is -2.42. The lowest BCUT2D eigenvalue weighted by molar-refractivity contribution is 0.0708. The quantitative estimate of drug-likeness (QED) is 0.795. The lowest BCUT2D eigenvalue weighted by Gasteiger charge is -2.28. The molecular weight excluding hydrogens is 311 g/mol. The Bertz CT molecular complexity index is 581. The summed E-state index contributed by atoms with van der Waals surface area (Å²) in [6.45, 7) is 0.911. The number of aliphatic hydroxyl groups is 1. The van der Waals surface area contributed by atoms with Gasteiger partial charge < -0.3 is 20.5 Å². The van der Waals surface area contributed by atoms with Gasteiger partial charge >= 0.3 is 6.03 Å². The molecule has 1 heterocycles. The minimum atomic E-state index is -0.396. The van der Waals surface area contributed by atoms with E-state index in [-0.39, 0.29) is 29.8 Å². The maximum absolute atomic E-state index is 13.9. The summed E-state index contributed by atoms with van der Waals surface area (Å²) in [7, 11) is 0. The van der Waals surface area contributed by atoms with Crippen molar-refractivity contribution >= 4 is 6.03 Å². The summed E-state index contributed by atoms with van der Waals surface area (Å²) in [5, 5.41) is 15.7. The summed E-state index contributed by atoms with van der Waals surface area (Å²) in [4.78, 5) is 12.2. The Morgan fingerprint density at radius 3 is 2.92 bits per heavy atom. The van der Waals surface area contributed by atoms with Crippen LogP contribution in [0.25, 0.3) is 0 Å². The number of nitrogens with one attached hydrogen (secondary N) is 2. The van der Waals surface area contributed by atoms with Crippen LogP contribution in [0.5, 0.6) is 5.75 Å². The number of hydrogen-bond donors (Lipinski definition) is 3. The average Bonchev–Trinajstić information content (AvgIpc) is 2.78. The van der Waals surface area contributed by atoms with Crippen LogP contribution in [0.1, 0.15) is 50.1 Å². The van der Waals surface area contributed by atoms with Crippen LogP contribution in [0.15, 0.2) is 18.2 Å². The van der Waals surface area contributed by atoms with Gasteiger partial charge in [-0.1, -0.05) is 25.0 Å². The Balaban J connectivity index is 1.59. The molecule has 1 aliphatic heterocycles. The summed E-state index contributed by atoms with van der Waals surface area (Å²) in [5.74, 6) is -0.0402. The van der Waals surface area contributed by atoms with Crippen LogP contribution in [-0.4, -0.2) is 30.4 Å². The third-order valence-corrected chi connectivity index (χ3v) is 4.96. The van der Waals surface area contributed by atoms with Crippen LogP contribution in [-0.2, 0) is 0 Å². The van der Waals surface area contributed by atoms with E-state index < -0.39 is 5.82 Å². The predicted molar refractivity (Wildman–Crippen MR) is 88.4 cm³/mol. The highest BCUT2D eigenvalue weighted by molar-refractivity contribution is 5.74. The summed E-state index contributed by atoms with van der Waals surface area (Å²) in [6.07, 6.45) is 5.01. The monoisotopic (exact) mass is 336 g/mol. The van der Waals surface area contributed by atoms with Gasteiger partial charge in [0.05, 0.1) is 18.8 Å². The van der Waals surface area contributed by atoms with E-state index in [0.29, 0.717) is 25.1 Å². The van der Waals surface area contributed by atoms with Crippen molar-refractivity contribution in [2.24, 2.45) is 5.92 Å². The number of para-hydroxylation sites is 1. The highest BCUT2D eigenvalue weighted by Gasteiger charge is 2.26. The number of carbonyl (C=O) groups is 1. The first-order valence-corrected chi connectivity index (χ1v) is 8.79. The van der Waals surface area contributed by atoms with Crippen molar-refractivity contribution in [3.05, 3.63) is 29.6 Å². The molecule has 3 N–H and O–H groups in total. The molecule has 1 fully saturated rings. The van der Waals surface area contributed by atoms with Gasteiger partial charge in [0, 0.05) is 18.0 Å². The molecule has 132 valence electrons. The molecule has 1 aromatic rings. The molecule has 0 aromatic heterocycles. The van der Waals surface area contributed by atoms with Crippen molar-refractivity contribution in [2.75, 3.05) is 13.2 Å². The molecule has 0 saturated heterocycles. The largest absolute Gasteiger partial charge is 0.490 e. The van der Waals surface area contributed by atoms with Crippen LogP contribution in [0, 0.1) is 11.7 Å². The molecule has 24 heavy (non-hydrogen) atoms. The molecule has 0 bridgehead atoms. The number of amides is 2. The molecule has 5 nitrogen and oxygen atoms in total. The molecule has 3 rings (SSSR count). The van der Waals surface area contributed by atoms with Crippen molar-refractivity contribution in [3.63, 3.8) is 0 Å². The maximum atomic E-state index is 13.9. The smallest absolute Gasteiger partial charge is 0.315 e.